The van der Waals surface area contributed by atoms with Crippen molar-refractivity contribution in [3.63, 3.8) is 0 Å². The predicted molar refractivity (Wildman–Crippen MR) is 118 cm³/mol. The summed E-state index contributed by atoms with van der Waals surface area (Å²) in [7, 11) is 0. The van der Waals surface area contributed by atoms with Crippen LogP contribution in [-0.4, -0.2) is 53.0 Å². The third-order valence-electron chi connectivity index (χ3n) is 6.00. The maximum absolute atomic E-state index is 13.0. The topological polar surface area (TPSA) is 52.6 Å². The lowest BCUT2D eigenvalue weighted by molar-refractivity contribution is 0.0746. The van der Waals surface area contributed by atoms with Gasteiger partial charge in [0.2, 0.25) is 5.95 Å². The summed E-state index contributed by atoms with van der Waals surface area (Å²) in [6.45, 7) is 5.24. The molecule has 1 atom stereocenters. The smallest absolute Gasteiger partial charge is 0.257 e. The Labute approximate surface area is 176 Å². The number of aromatic nitrogens is 2. The lowest BCUT2D eigenvalue weighted by atomic mass is 10.1. The highest BCUT2D eigenvalue weighted by Crippen LogP contribution is 2.36. The number of carbonyl (C=O) groups is 1. The van der Waals surface area contributed by atoms with E-state index in [0.29, 0.717) is 30.6 Å². The number of rotatable bonds is 3. The van der Waals surface area contributed by atoms with Crippen molar-refractivity contribution < 1.29 is 4.79 Å². The van der Waals surface area contributed by atoms with Crippen molar-refractivity contribution in [3.8, 4) is 0 Å². The van der Waals surface area contributed by atoms with E-state index >= 15 is 0 Å². The Hall–Kier alpha value is -3.41. The number of carbonyl (C=O) groups excluding carboxylic acids is 1. The summed E-state index contributed by atoms with van der Waals surface area (Å²) in [5.74, 6) is 0.655. The number of amides is 1. The normalized spacial score (nSPS) is 18.4. The van der Waals surface area contributed by atoms with Gasteiger partial charge in [0.25, 0.3) is 5.91 Å². The van der Waals surface area contributed by atoms with Gasteiger partial charge in [0.1, 0.15) is 0 Å². The van der Waals surface area contributed by atoms with Crippen molar-refractivity contribution in [2.75, 3.05) is 36.0 Å². The summed E-state index contributed by atoms with van der Waals surface area (Å²) in [5.41, 5.74) is 4.22. The summed E-state index contributed by atoms with van der Waals surface area (Å²) < 4.78 is 0. The molecule has 152 valence electrons. The SMILES string of the molecule is CC1Cc2ccccc2N1c1ncc(C(=O)N2CCN(c3ccccc3)CC2)cn1. The third kappa shape index (κ3) is 3.38. The minimum absolute atomic E-state index is 0.00383. The second-order valence-corrected chi connectivity index (χ2v) is 7.94. The number of para-hydroxylation sites is 2. The molecule has 30 heavy (non-hydrogen) atoms. The van der Waals surface area contributed by atoms with Crippen LogP contribution < -0.4 is 9.80 Å². The fraction of sp³-hybridized carbons (Fsp3) is 0.292. The molecule has 6 heteroatoms. The Bertz CT molecular complexity index is 1030. The van der Waals surface area contributed by atoms with Crippen LogP contribution in [0.3, 0.4) is 0 Å². The van der Waals surface area contributed by atoms with Gasteiger partial charge in [-0.15, -0.1) is 0 Å². The van der Waals surface area contributed by atoms with Crippen molar-refractivity contribution in [2.24, 2.45) is 0 Å². The van der Waals surface area contributed by atoms with Gasteiger partial charge >= 0.3 is 0 Å². The standard InChI is InChI=1S/C24H25N5O/c1-18-15-19-7-5-6-10-22(19)29(18)24-25-16-20(17-26-24)23(30)28-13-11-27(12-14-28)21-8-3-2-4-9-21/h2-10,16-18H,11-15H2,1H3. The molecule has 1 unspecified atom stereocenters. The predicted octanol–water partition coefficient (Wildman–Crippen LogP) is 3.52. The minimum Gasteiger partial charge on any atom is -0.368 e. The van der Waals surface area contributed by atoms with Crippen LogP contribution >= 0.6 is 0 Å². The van der Waals surface area contributed by atoms with E-state index in [2.05, 4.69) is 57.0 Å². The van der Waals surface area contributed by atoms with Crippen LogP contribution in [0.1, 0.15) is 22.8 Å². The first kappa shape index (κ1) is 18.6. The number of hydrogen-bond donors (Lipinski definition) is 0. The van der Waals surface area contributed by atoms with E-state index in [9.17, 15) is 4.79 Å². The van der Waals surface area contributed by atoms with E-state index in [4.69, 9.17) is 0 Å². The molecular weight excluding hydrogens is 374 g/mol. The molecule has 0 radical (unpaired) electrons. The van der Waals surface area contributed by atoms with Gasteiger partial charge < -0.3 is 14.7 Å². The van der Waals surface area contributed by atoms with Crippen LogP contribution in [0.4, 0.5) is 17.3 Å². The Morgan fingerprint density at radius 2 is 1.57 bits per heavy atom. The van der Waals surface area contributed by atoms with Crippen LogP contribution in [0, 0.1) is 0 Å². The number of nitrogens with zero attached hydrogens (tertiary/aromatic N) is 5. The van der Waals surface area contributed by atoms with Gasteiger partial charge in [-0.1, -0.05) is 36.4 Å². The van der Waals surface area contributed by atoms with Gasteiger partial charge in [-0.25, -0.2) is 9.97 Å². The second-order valence-electron chi connectivity index (χ2n) is 7.94. The van der Waals surface area contributed by atoms with Crippen LogP contribution in [-0.2, 0) is 6.42 Å². The van der Waals surface area contributed by atoms with E-state index in [0.717, 1.165) is 25.2 Å². The van der Waals surface area contributed by atoms with Crippen molar-refractivity contribution >= 4 is 23.2 Å². The van der Waals surface area contributed by atoms with Gasteiger partial charge in [0.15, 0.2) is 0 Å². The number of hydrogen-bond acceptors (Lipinski definition) is 5. The number of piperazine rings is 1. The summed E-state index contributed by atoms with van der Waals surface area (Å²) >= 11 is 0. The molecule has 2 aromatic carbocycles. The van der Waals surface area contributed by atoms with Gasteiger partial charge in [0.05, 0.1) is 5.56 Å². The van der Waals surface area contributed by atoms with Crippen molar-refractivity contribution in [1.29, 1.82) is 0 Å². The Morgan fingerprint density at radius 3 is 2.30 bits per heavy atom. The molecule has 1 fully saturated rings. The molecule has 0 N–H and O–H groups in total. The van der Waals surface area contributed by atoms with Crippen LogP contribution in [0.2, 0.25) is 0 Å². The molecular formula is C24H25N5O. The number of anilines is 3. The van der Waals surface area contributed by atoms with E-state index in [1.165, 1.54) is 11.3 Å². The highest BCUT2D eigenvalue weighted by Gasteiger charge is 2.29. The maximum Gasteiger partial charge on any atom is 0.257 e. The summed E-state index contributed by atoms with van der Waals surface area (Å²) in [6, 6.07) is 19.0. The number of benzene rings is 2. The quantitative estimate of drug-likeness (QED) is 0.675. The molecule has 6 nitrogen and oxygen atoms in total. The molecule has 3 aromatic rings. The molecule has 0 spiro atoms. The fourth-order valence-electron chi connectivity index (χ4n) is 4.42. The second kappa shape index (κ2) is 7.78. The van der Waals surface area contributed by atoms with E-state index in [-0.39, 0.29) is 5.91 Å². The molecule has 0 saturated carbocycles. The zero-order chi connectivity index (χ0) is 20.5. The molecule has 2 aliphatic heterocycles. The Morgan fingerprint density at radius 1 is 0.900 bits per heavy atom. The molecule has 5 rings (SSSR count). The zero-order valence-corrected chi connectivity index (χ0v) is 17.1. The van der Waals surface area contributed by atoms with Crippen molar-refractivity contribution in [3.05, 3.63) is 78.1 Å². The first-order chi connectivity index (χ1) is 14.7. The largest absolute Gasteiger partial charge is 0.368 e. The van der Waals surface area contributed by atoms with Gasteiger partial charge in [-0.05, 0) is 37.1 Å². The van der Waals surface area contributed by atoms with Crippen molar-refractivity contribution in [1.82, 2.24) is 14.9 Å². The average Bonchev–Trinajstić information content (AvgIpc) is 3.15. The molecule has 1 aromatic heterocycles. The first-order valence-electron chi connectivity index (χ1n) is 10.5. The Balaban J connectivity index is 1.27. The van der Waals surface area contributed by atoms with Gasteiger partial charge in [0, 0.05) is 56.0 Å². The monoisotopic (exact) mass is 399 g/mol. The highest BCUT2D eigenvalue weighted by atomic mass is 16.2. The van der Waals surface area contributed by atoms with Crippen LogP contribution in [0.25, 0.3) is 0 Å². The lowest BCUT2D eigenvalue weighted by Crippen LogP contribution is -2.48. The molecule has 2 aliphatic rings. The van der Waals surface area contributed by atoms with E-state index < -0.39 is 0 Å². The molecule has 0 bridgehead atoms. The van der Waals surface area contributed by atoms with Gasteiger partial charge in [-0.3, -0.25) is 4.79 Å². The van der Waals surface area contributed by atoms with E-state index in [1.54, 1.807) is 12.4 Å². The third-order valence-corrected chi connectivity index (χ3v) is 6.00. The lowest BCUT2D eigenvalue weighted by Gasteiger charge is -2.36. The zero-order valence-electron chi connectivity index (χ0n) is 17.1. The van der Waals surface area contributed by atoms with E-state index in [1.807, 2.05) is 29.2 Å². The maximum atomic E-state index is 13.0. The van der Waals surface area contributed by atoms with Crippen molar-refractivity contribution in [2.45, 2.75) is 19.4 Å². The minimum atomic E-state index is 0.00383. The fourth-order valence-corrected chi connectivity index (χ4v) is 4.42. The molecule has 3 heterocycles. The summed E-state index contributed by atoms with van der Waals surface area (Å²) in [6.07, 6.45) is 4.32. The molecule has 1 amide bonds. The summed E-state index contributed by atoms with van der Waals surface area (Å²) in [4.78, 5) is 28.4. The number of fused-ring (bicyclic) bond motifs is 1. The molecule has 1 saturated heterocycles. The summed E-state index contributed by atoms with van der Waals surface area (Å²) in [5, 5.41) is 0. The van der Waals surface area contributed by atoms with Crippen LogP contribution in [0.5, 0.6) is 0 Å². The first-order valence-corrected chi connectivity index (χ1v) is 10.5. The van der Waals surface area contributed by atoms with Gasteiger partial charge in [-0.2, -0.15) is 0 Å². The van der Waals surface area contributed by atoms with Crippen LogP contribution in [0.15, 0.2) is 67.0 Å². The molecule has 0 aliphatic carbocycles. The Kier molecular flexibility index (Phi) is 4.83. The highest BCUT2D eigenvalue weighted by molar-refractivity contribution is 5.94. The average molecular weight is 399 g/mol.